The van der Waals surface area contributed by atoms with Crippen LogP contribution in [0.1, 0.15) is 18.9 Å². The minimum Gasteiger partial charge on any atom is -0.497 e. The molecule has 0 spiro atoms. The first-order valence-corrected chi connectivity index (χ1v) is 10.0. The van der Waals surface area contributed by atoms with Crippen LogP contribution < -0.4 is 20.1 Å². The van der Waals surface area contributed by atoms with Crippen LogP contribution in [-0.4, -0.2) is 40.9 Å². The fraction of sp³-hybridized carbons (Fsp3) is 0.318. The summed E-state index contributed by atoms with van der Waals surface area (Å²) in [5.74, 6) is 2.74. The molecule has 0 fully saturated rings. The van der Waals surface area contributed by atoms with Gasteiger partial charge in [-0.25, -0.2) is 9.98 Å². The van der Waals surface area contributed by atoms with Crippen LogP contribution in [0.25, 0.3) is 0 Å². The van der Waals surface area contributed by atoms with Crippen molar-refractivity contribution >= 4 is 5.96 Å². The van der Waals surface area contributed by atoms with Crippen LogP contribution >= 0.6 is 0 Å². The Balaban J connectivity index is 1.49. The van der Waals surface area contributed by atoms with Crippen molar-refractivity contribution in [2.75, 3.05) is 20.2 Å². The van der Waals surface area contributed by atoms with Crippen molar-refractivity contribution in [3.63, 3.8) is 0 Å². The fourth-order valence-electron chi connectivity index (χ4n) is 2.74. The lowest BCUT2D eigenvalue weighted by Gasteiger charge is -2.11. The second-order valence-electron chi connectivity index (χ2n) is 6.53. The molecule has 0 atom stereocenters. The summed E-state index contributed by atoms with van der Waals surface area (Å²) < 4.78 is 12.9. The number of methoxy groups -OCH3 is 1. The quantitative estimate of drug-likeness (QED) is 0.304. The highest BCUT2D eigenvalue weighted by molar-refractivity contribution is 5.79. The van der Waals surface area contributed by atoms with Crippen molar-refractivity contribution in [1.29, 1.82) is 0 Å². The molecule has 0 aliphatic rings. The highest BCUT2D eigenvalue weighted by Gasteiger charge is 2.02. The van der Waals surface area contributed by atoms with E-state index in [0.717, 1.165) is 43.3 Å². The van der Waals surface area contributed by atoms with Crippen molar-refractivity contribution in [2.45, 2.75) is 26.4 Å². The molecule has 0 aliphatic carbocycles. The molecule has 0 saturated heterocycles. The summed E-state index contributed by atoms with van der Waals surface area (Å²) in [7, 11) is 1.63. The lowest BCUT2D eigenvalue weighted by Crippen LogP contribution is -2.38. The van der Waals surface area contributed by atoms with E-state index in [1.165, 1.54) is 0 Å². The Bertz CT molecular complexity index is 910. The van der Waals surface area contributed by atoms with E-state index in [0.29, 0.717) is 18.2 Å². The van der Waals surface area contributed by atoms with Gasteiger partial charge in [0.1, 0.15) is 11.5 Å². The van der Waals surface area contributed by atoms with Gasteiger partial charge in [-0.2, -0.15) is 5.10 Å². The highest BCUT2D eigenvalue weighted by atomic mass is 16.5. The number of hydrogen-bond donors (Lipinski definition) is 2. The van der Waals surface area contributed by atoms with Crippen molar-refractivity contribution in [2.24, 2.45) is 4.99 Å². The van der Waals surface area contributed by atoms with Gasteiger partial charge in [-0.3, -0.25) is 4.68 Å². The van der Waals surface area contributed by atoms with Crippen molar-refractivity contribution < 1.29 is 9.47 Å². The first kappa shape index (κ1) is 21.2. The van der Waals surface area contributed by atoms with E-state index in [-0.39, 0.29) is 0 Å². The summed E-state index contributed by atoms with van der Waals surface area (Å²) in [4.78, 5) is 9.00. The molecule has 3 rings (SSSR count). The number of ether oxygens (including phenoxy) is 2. The standard InChI is InChI=1S/C22H28N6O2/c1-3-23-22(24-11-5-13-28-14-6-12-27-28)26-17-18-9-10-21(25-16-18)30-20-8-4-7-19(15-20)29-2/h4,6-10,12,14-16H,3,5,11,13,17H2,1-2H3,(H2,23,24,26). The first-order chi connectivity index (χ1) is 14.8. The molecule has 0 bridgehead atoms. The molecule has 0 radical (unpaired) electrons. The number of nitrogens with zero attached hydrogens (tertiary/aromatic N) is 4. The Kier molecular flexibility index (Phi) is 8.08. The molecule has 0 unspecified atom stereocenters. The first-order valence-electron chi connectivity index (χ1n) is 10.0. The Morgan fingerprint density at radius 1 is 1.13 bits per heavy atom. The van der Waals surface area contributed by atoms with E-state index in [1.54, 1.807) is 19.5 Å². The summed E-state index contributed by atoms with van der Waals surface area (Å²) >= 11 is 0. The average Bonchev–Trinajstić information content (AvgIpc) is 3.29. The van der Waals surface area contributed by atoms with Crippen LogP contribution in [0.4, 0.5) is 0 Å². The van der Waals surface area contributed by atoms with E-state index in [1.807, 2.05) is 60.3 Å². The number of aliphatic imine (C=N–C) groups is 1. The zero-order valence-electron chi connectivity index (χ0n) is 17.4. The molecular formula is C22H28N6O2. The van der Waals surface area contributed by atoms with Gasteiger partial charge < -0.3 is 20.1 Å². The zero-order valence-corrected chi connectivity index (χ0v) is 17.4. The molecule has 1 aromatic carbocycles. The van der Waals surface area contributed by atoms with Gasteiger partial charge in [-0.05, 0) is 37.1 Å². The SMILES string of the molecule is CCNC(=NCc1ccc(Oc2cccc(OC)c2)nc1)NCCCn1cccn1. The predicted molar refractivity (Wildman–Crippen MR) is 117 cm³/mol. The number of nitrogens with one attached hydrogen (secondary N) is 2. The van der Waals surface area contributed by atoms with Crippen LogP contribution in [0.2, 0.25) is 0 Å². The normalized spacial score (nSPS) is 11.2. The summed E-state index contributed by atoms with van der Waals surface area (Å²) in [6, 6.07) is 13.2. The van der Waals surface area contributed by atoms with Gasteiger partial charge in [0.25, 0.3) is 0 Å². The Morgan fingerprint density at radius 3 is 2.77 bits per heavy atom. The third-order valence-electron chi connectivity index (χ3n) is 4.24. The molecule has 8 heteroatoms. The molecule has 2 heterocycles. The number of pyridine rings is 1. The molecule has 0 amide bonds. The fourth-order valence-corrected chi connectivity index (χ4v) is 2.74. The van der Waals surface area contributed by atoms with Crippen molar-refractivity contribution in [1.82, 2.24) is 25.4 Å². The van der Waals surface area contributed by atoms with Gasteiger partial charge in [0, 0.05) is 50.4 Å². The molecule has 158 valence electrons. The zero-order chi connectivity index (χ0) is 21.0. The number of aryl methyl sites for hydroxylation is 1. The number of aromatic nitrogens is 3. The lowest BCUT2D eigenvalue weighted by atomic mass is 10.3. The Hall–Kier alpha value is -3.55. The second-order valence-corrected chi connectivity index (χ2v) is 6.53. The predicted octanol–water partition coefficient (Wildman–Crippen LogP) is 3.22. The van der Waals surface area contributed by atoms with E-state index in [9.17, 15) is 0 Å². The maximum Gasteiger partial charge on any atom is 0.219 e. The van der Waals surface area contributed by atoms with E-state index in [2.05, 4.69) is 25.7 Å². The number of guanidine groups is 1. The maximum absolute atomic E-state index is 5.78. The topological polar surface area (TPSA) is 85.6 Å². The molecule has 8 nitrogen and oxygen atoms in total. The van der Waals surface area contributed by atoms with Gasteiger partial charge in [0.2, 0.25) is 5.88 Å². The van der Waals surface area contributed by atoms with Gasteiger partial charge >= 0.3 is 0 Å². The van der Waals surface area contributed by atoms with Crippen LogP contribution in [-0.2, 0) is 13.1 Å². The van der Waals surface area contributed by atoms with Crippen LogP contribution in [0.3, 0.4) is 0 Å². The minimum atomic E-state index is 0.527. The Labute approximate surface area is 177 Å². The summed E-state index contributed by atoms with van der Waals surface area (Å²) in [6.07, 6.45) is 6.50. The summed E-state index contributed by atoms with van der Waals surface area (Å²) in [5, 5.41) is 10.8. The van der Waals surface area contributed by atoms with E-state index < -0.39 is 0 Å². The minimum absolute atomic E-state index is 0.527. The van der Waals surface area contributed by atoms with Gasteiger partial charge in [0.05, 0.1) is 13.7 Å². The maximum atomic E-state index is 5.78. The molecule has 0 saturated carbocycles. The van der Waals surface area contributed by atoms with Gasteiger partial charge in [-0.15, -0.1) is 0 Å². The van der Waals surface area contributed by atoms with E-state index in [4.69, 9.17) is 9.47 Å². The van der Waals surface area contributed by atoms with Crippen LogP contribution in [0, 0.1) is 0 Å². The monoisotopic (exact) mass is 408 g/mol. The summed E-state index contributed by atoms with van der Waals surface area (Å²) in [6.45, 7) is 5.07. The van der Waals surface area contributed by atoms with E-state index >= 15 is 0 Å². The second kappa shape index (κ2) is 11.5. The third kappa shape index (κ3) is 6.80. The molecule has 30 heavy (non-hydrogen) atoms. The van der Waals surface area contributed by atoms with Crippen molar-refractivity contribution in [3.05, 3.63) is 66.6 Å². The number of hydrogen-bond acceptors (Lipinski definition) is 5. The molecule has 0 aliphatic heterocycles. The highest BCUT2D eigenvalue weighted by Crippen LogP contribution is 2.23. The summed E-state index contributed by atoms with van der Waals surface area (Å²) in [5.41, 5.74) is 1.00. The van der Waals surface area contributed by atoms with Crippen LogP contribution in [0.5, 0.6) is 17.4 Å². The van der Waals surface area contributed by atoms with Gasteiger partial charge in [-0.1, -0.05) is 12.1 Å². The number of rotatable bonds is 10. The average molecular weight is 409 g/mol. The van der Waals surface area contributed by atoms with Crippen molar-refractivity contribution in [3.8, 4) is 17.4 Å². The molecule has 2 N–H and O–H groups in total. The number of benzene rings is 1. The van der Waals surface area contributed by atoms with Gasteiger partial charge in [0.15, 0.2) is 5.96 Å². The largest absolute Gasteiger partial charge is 0.497 e. The molecule has 3 aromatic rings. The lowest BCUT2D eigenvalue weighted by molar-refractivity contribution is 0.407. The third-order valence-corrected chi connectivity index (χ3v) is 4.24. The molecule has 2 aromatic heterocycles. The molecular weight excluding hydrogens is 380 g/mol. The van der Waals surface area contributed by atoms with Crippen LogP contribution in [0.15, 0.2) is 66.0 Å². The smallest absolute Gasteiger partial charge is 0.219 e. The Morgan fingerprint density at radius 2 is 2.03 bits per heavy atom.